The van der Waals surface area contributed by atoms with Crippen molar-refractivity contribution in [2.45, 2.75) is 24.3 Å². The molecule has 1 heterocycles. The second-order valence-electron chi connectivity index (χ2n) is 3.94. The highest BCUT2D eigenvalue weighted by Crippen LogP contribution is 2.23. The van der Waals surface area contributed by atoms with Gasteiger partial charge < -0.3 is 0 Å². The average molecular weight is 309 g/mol. The molecule has 1 rings (SSSR count). The third-order valence-electron chi connectivity index (χ3n) is 2.74. The maximum atomic E-state index is 12.4. The molecule has 0 fully saturated rings. The van der Waals surface area contributed by atoms with E-state index in [9.17, 15) is 8.42 Å². The van der Waals surface area contributed by atoms with E-state index in [1.165, 1.54) is 16.6 Å². The molecule has 1 aromatic heterocycles. The molecule has 0 aromatic carbocycles. The monoisotopic (exact) mass is 308 g/mol. The van der Waals surface area contributed by atoms with Crippen LogP contribution < -0.4 is 0 Å². The lowest BCUT2D eigenvalue weighted by atomic mass is 10.3. The molecule has 0 radical (unpaired) electrons. The Morgan fingerprint density at radius 3 is 2.78 bits per heavy atom. The van der Waals surface area contributed by atoms with Gasteiger partial charge in [-0.25, -0.2) is 13.4 Å². The summed E-state index contributed by atoms with van der Waals surface area (Å²) in [6.07, 6.45) is 4.27. The molecule has 7 heteroatoms. The van der Waals surface area contributed by atoms with Gasteiger partial charge in [0.25, 0.3) is 0 Å². The van der Waals surface area contributed by atoms with Crippen molar-refractivity contribution in [1.82, 2.24) is 9.29 Å². The number of sulfonamides is 1. The third-order valence-corrected chi connectivity index (χ3v) is 5.80. The molecule has 0 spiro atoms. The van der Waals surface area contributed by atoms with Crippen molar-refractivity contribution in [3.8, 4) is 0 Å². The minimum absolute atomic E-state index is 0.0152. The molecule has 0 saturated carbocycles. The van der Waals surface area contributed by atoms with Crippen LogP contribution in [-0.2, 0) is 10.0 Å². The van der Waals surface area contributed by atoms with Crippen molar-refractivity contribution >= 4 is 33.4 Å². The summed E-state index contributed by atoms with van der Waals surface area (Å²) in [4.78, 5) is 3.87. The Bertz CT molecular complexity index is 494. The Balaban J connectivity index is 2.97. The van der Waals surface area contributed by atoms with Crippen LogP contribution in [0.3, 0.4) is 0 Å². The molecular formula is C11H17ClN2O2S2. The minimum Gasteiger partial charge on any atom is -0.243 e. The van der Waals surface area contributed by atoms with E-state index in [2.05, 4.69) is 4.98 Å². The molecular weight excluding hydrogens is 292 g/mol. The van der Waals surface area contributed by atoms with Crippen LogP contribution in [-0.4, -0.2) is 42.8 Å². The molecule has 0 bridgehead atoms. The first-order valence-corrected chi connectivity index (χ1v) is 8.70. The first-order chi connectivity index (χ1) is 8.41. The van der Waals surface area contributed by atoms with Crippen molar-refractivity contribution in [2.75, 3.05) is 19.1 Å². The largest absolute Gasteiger partial charge is 0.246 e. The normalized spacial score (nSPS) is 13.8. The van der Waals surface area contributed by atoms with Gasteiger partial charge in [-0.05, 0) is 37.5 Å². The van der Waals surface area contributed by atoms with Crippen LogP contribution in [0.25, 0.3) is 0 Å². The summed E-state index contributed by atoms with van der Waals surface area (Å²) in [6, 6.07) is 2.97. The molecule has 102 valence electrons. The fraction of sp³-hybridized carbons (Fsp3) is 0.545. The summed E-state index contributed by atoms with van der Waals surface area (Å²) in [6.45, 7) is 1.89. The molecule has 18 heavy (non-hydrogen) atoms. The fourth-order valence-electron chi connectivity index (χ4n) is 1.43. The van der Waals surface area contributed by atoms with Gasteiger partial charge in [-0.3, -0.25) is 0 Å². The smallest absolute Gasteiger partial charge is 0.243 e. The number of aromatic nitrogens is 1. The van der Waals surface area contributed by atoms with E-state index in [1.54, 1.807) is 24.9 Å². The zero-order chi connectivity index (χ0) is 13.8. The second-order valence-corrected chi connectivity index (χ2v) is 7.25. The van der Waals surface area contributed by atoms with Crippen molar-refractivity contribution in [1.29, 1.82) is 0 Å². The van der Waals surface area contributed by atoms with Crippen molar-refractivity contribution in [2.24, 2.45) is 0 Å². The van der Waals surface area contributed by atoms with E-state index >= 15 is 0 Å². The molecule has 1 aromatic rings. The lowest BCUT2D eigenvalue weighted by Crippen LogP contribution is -2.35. The molecule has 0 N–H and O–H groups in total. The Kier molecular flexibility index (Phi) is 5.91. The Labute approximate surface area is 118 Å². The van der Waals surface area contributed by atoms with E-state index in [-0.39, 0.29) is 16.1 Å². The zero-order valence-electron chi connectivity index (χ0n) is 10.6. The first-order valence-electron chi connectivity index (χ1n) is 5.48. The number of hydrogen-bond donors (Lipinski definition) is 0. The number of pyridine rings is 1. The lowest BCUT2D eigenvalue weighted by Gasteiger charge is -2.24. The van der Waals surface area contributed by atoms with Gasteiger partial charge in [0.05, 0.1) is 0 Å². The summed E-state index contributed by atoms with van der Waals surface area (Å²) >= 11 is 7.54. The number of hydrogen-bond acceptors (Lipinski definition) is 4. The van der Waals surface area contributed by atoms with Gasteiger partial charge in [-0.15, -0.1) is 0 Å². The van der Waals surface area contributed by atoms with Gasteiger partial charge in [0, 0.05) is 19.3 Å². The van der Waals surface area contributed by atoms with Crippen LogP contribution in [0, 0.1) is 0 Å². The van der Waals surface area contributed by atoms with E-state index in [1.807, 2.05) is 13.2 Å². The van der Waals surface area contributed by atoms with Crippen LogP contribution in [0.5, 0.6) is 0 Å². The maximum absolute atomic E-state index is 12.4. The van der Waals surface area contributed by atoms with Gasteiger partial charge in [-0.1, -0.05) is 11.6 Å². The lowest BCUT2D eigenvalue weighted by molar-refractivity contribution is 0.382. The molecule has 0 saturated heterocycles. The molecule has 0 amide bonds. The van der Waals surface area contributed by atoms with Crippen molar-refractivity contribution < 1.29 is 8.42 Å². The Hall–Kier alpha value is -0.300. The minimum atomic E-state index is -3.57. The Morgan fingerprint density at radius 2 is 2.22 bits per heavy atom. The van der Waals surface area contributed by atoms with Crippen LogP contribution >= 0.6 is 23.4 Å². The van der Waals surface area contributed by atoms with E-state index in [0.29, 0.717) is 0 Å². The van der Waals surface area contributed by atoms with Gasteiger partial charge in [0.15, 0.2) is 0 Å². The highest BCUT2D eigenvalue weighted by Gasteiger charge is 2.27. The van der Waals surface area contributed by atoms with E-state index < -0.39 is 10.0 Å². The molecule has 0 aliphatic carbocycles. The predicted molar refractivity (Wildman–Crippen MR) is 76.7 cm³/mol. The third kappa shape index (κ3) is 3.60. The number of nitrogens with zero attached hydrogens (tertiary/aromatic N) is 2. The summed E-state index contributed by atoms with van der Waals surface area (Å²) < 4.78 is 26.1. The van der Waals surface area contributed by atoms with Crippen LogP contribution in [0.1, 0.15) is 13.3 Å². The van der Waals surface area contributed by atoms with Crippen molar-refractivity contribution in [3.05, 3.63) is 23.5 Å². The molecule has 0 aliphatic heterocycles. The quantitative estimate of drug-likeness (QED) is 0.758. The molecule has 1 unspecified atom stereocenters. The predicted octanol–water partition coefficient (Wildman–Crippen LogP) is 2.50. The number of thioether (sulfide) groups is 1. The van der Waals surface area contributed by atoms with Crippen LogP contribution in [0.4, 0.5) is 0 Å². The second kappa shape index (κ2) is 6.75. The fourth-order valence-corrected chi connectivity index (χ4v) is 3.82. The highest BCUT2D eigenvalue weighted by atomic mass is 35.5. The SMILES string of the molecule is CSCCC(C)N(C)S(=O)(=O)c1cccnc1Cl. The Morgan fingerprint density at radius 1 is 1.56 bits per heavy atom. The summed E-state index contributed by atoms with van der Waals surface area (Å²) in [5.74, 6) is 0.918. The van der Waals surface area contributed by atoms with Gasteiger partial charge in [-0.2, -0.15) is 16.1 Å². The van der Waals surface area contributed by atoms with Crippen LogP contribution in [0.2, 0.25) is 5.15 Å². The van der Waals surface area contributed by atoms with E-state index in [0.717, 1.165) is 12.2 Å². The van der Waals surface area contributed by atoms with Crippen LogP contribution in [0.15, 0.2) is 23.2 Å². The zero-order valence-corrected chi connectivity index (χ0v) is 13.0. The number of halogens is 1. The first kappa shape index (κ1) is 15.8. The van der Waals surface area contributed by atoms with Crippen molar-refractivity contribution in [3.63, 3.8) is 0 Å². The average Bonchev–Trinajstić information content (AvgIpc) is 2.35. The summed E-state index contributed by atoms with van der Waals surface area (Å²) in [5, 5.41) is 0.0152. The standard InChI is InChI=1S/C11H17ClN2O2S2/c1-9(6-8-17-3)14(2)18(15,16)10-5-4-7-13-11(10)12/h4-5,7,9H,6,8H2,1-3H3. The highest BCUT2D eigenvalue weighted by molar-refractivity contribution is 7.98. The summed E-state index contributed by atoms with van der Waals surface area (Å²) in [5.41, 5.74) is 0. The summed E-state index contributed by atoms with van der Waals surface area (Å²) in [7, 11) is -2.00. The number of rotatable bonds is 6. The topological polar surface area (TPSA) is 50.3 Å². The van der Waals surface area contributed by atoms with Gasteiger partial charge in [0.1, 0.15) is 10.0 Å². The molecule has 1 atom stereocenters. The van der Waals surface area contributed by atoms with Gasteiger partial charge in [0.2, 0.25) is 10.0 Å². The molecule has 0 aliphatic rings. The molecule has 4 nitrogen and oxygen atoms in total. The van der Waals surface area contributed by atoms with Gasteiger partial charge >= 0.3 is 0 Å². The maximum Gasteiger partial charge on any atom is 0.246 e. The van der Waals surface area contributed by atoms with E-state index in [4.69, 9.17) is 11.6 Å².